The van der Waals surface area contributed by atoms with Crippen LogP contribution in [0.15, 0.2) is 11.6 Å². The van der Waals surface area contributed by atoms with Crippen molar-refractivity contribution in [3.05, 3.63) is 11.6 Å². The van der Waals surface area contributed by atoms with Gasteiger partial charge in [-0.2, -0.15) is 0 Å². The topological polar surface area (TPSA) is 18.5 Å². The van der Waals surface area contributed by atoms with E-state index >= 15 is 0 Å². The lowest BCUT2D eigenvalue weighted by atomic mass is 9.88. The SMILES string of the molecule is CC(C)C1=CCC2OCOC2C1. The van der Waals surface area contributed by atoms with Gasteiger partial charge in [0.05, 0.1) is 12.2 Å². The molecule has 1 fully saturated rings. The molecule has 2 heteroatoms. The Hall–Kier alpha value is -0.340. The third-order valence-electron chi connectivity index (χ3n) is 2.77. The molecule has 0 amide bonds. The van der Waals surface area contributed by atoms with Gasteiger partial charge in [0.1, 0.15) is 6.79 Å². The number of hydrogen-bond acceptors (Lipinski definition) is 2. The minimum atomic E-state index is 0.340. The lowest BCUT2D eigenvalue weighted by molar-refractivity contribution is 0.0399. The first-order valence-corrected chi connectivity index (χ1v) is 4.69. The van der Waals surface area contributed by atoms with E-state index in [1.165, 1.54) is 5.57 Å². The molecular weight excluding hydrogens is 152 g/mol. The van der Waals surface area contributed by atoms with Crippen LogP contribution in [0.25, 0.3) is 0 Å². The van der Waals surface area contributed by atoms with Crippen LogP contribution >= 0.6 is 0 Å². The van der Waals surface area contributed by atoms with Crippen LogP contribution in [-0.2, 0) is 9.47 Å². The average molecular weight is 168 g/mol. The second-order valence-electron chi connectivity index (χ2n) is 3.90. The van der Waals surface area contributed by atoms with Crippen molar-refractivity contribution < 1.29 is 9.47 Å². The third-order valence-corrected chi connectivity index (χ3v) is 2.77. The van der Waals surface area contributed by atoms with Crippen molar-refractivity contribution in [2.45, 2.75) is 38.9 Å². The number of fused-ring (bicyclic) bond motifs is 1. The molecule has 1 heterocycles. The van der Waals surface area contributed by atoms with Crippen LogP contribution in [0.2, 0.25) is 0 Å². The molecule has 1 aliphatic carbocycles. The van der Waals surface area contributed by atoms with Crippen LogP contribution in [0, 0.1) is 5.92 Å². The molecule has 1 aliphatic heterocycles. The number of rotatable bonds is 1. The van der Waals surface area contributed by atoms with E-state index in [9.17, 15) is 0 Å². The summed E-state index contributed by atoms with van der Waals surface area (Å²) < 4.78 is 10.9. The van der Waals surface area contributed by atoms with Crippen LogP contribution in [0.1, 0.15) is 26.7 Å². The van der Waals surface area contributed by atoms with Gasteiger partial charge in [-0.25, -0.2) is 0 Å². The van der Waals surface area contributed by atoms with Gasteiger partial charge >= 0.3 is 0 Å². The maximum atomic E-state index is 5.47. The van der Waals surface area contributed by atoms with E-state index < -0.39 is 0 Å². The molecule has 0 saturated carbocycles. The molecule has 0 radical (unpaired) electrons. The zero-order valence-corrected chi connectivity index (χ0v) is 7.75. The van der Waals surface area contributed by atoms with Crippen molar-refractivity contribution in [1.29, 1.82) is 0 Å². The lowest BCUT2D eigenvalue weighted by Gasteiger charge is -2.24. The van der Waals surface area contributed by atoms with Gasteiger partial charge < -0.3 is 9.47 Å². The Morgan fingerprint density at radius 2 is 2.08 bits per heavy atom. The van der Waals surface area contributed by atoms with Crippen LogP contribution in [0.5, 0.6) is 0 Å². The highest BCUT2D eigenvalue weighted by Crippen LogP contribution is 2.31. The molecule has 0 aromatic heterocycles. The van der Waals surface area contributed by atoms with Crippen molar-refractivity contribution in [3.63, 3.8) is 0 Å². The fraction of sp³-hybridized carbons (Fsp3) is 0.800. The van der Waals surface area contributed by atoms with Crippen molar-refractivity contribution in [2.24, 2.45) is 5.92 Å². The summed E-state index contributed by atoms with van der Waals surface area (Å²) in [4.78, 5) is 0. The van der Waals surface area contributed by atoms with Crippen molar-refractivity contribution >= 4 is 0 Å². The minimum absolute atomic E-state index is 0.340. The molecule has 0 aromatic carbocycles. The van der Waals surface area contributed by atoms with Crippen LogP contribution in [0.4, 0.5) is 0 Å². The quantitative estimate of drug-likeness (QED) is 0.558. The zero-order chi connectivity index (χ0) is 8.55. The molecule has 0 spiro atoms. The highest BCUT2D eigenvalue weighted by atomic mass is 16.7. The monoisotopic (exact) mass is 168 g/mol. The summed E-state index contributed by atoms with van der Waals surface area (Å²) in [6.45, 7) is 4.97. The molecule has 0 aromatic rings. The van der Waals surface area contributed by atoms with Gasteiger partial charge in [0.2, 0.25) is 0 Å². The molecular formula is C10H16O2. The van der Waals surface area contributed by atoms with Gasteiger partial charge in [-0.05, 0) is 18.8 Å². The minimum Gasteiger partial charge on any atom is -0.349 e. The number of hydrogen-bond donors (Lipinski definition) is 0. The zero-order valence-electron chi connectivity index (χ0n) is 7.75. The summed E-state index contributed by atoms with van der Waals surface area (Å²) in [6.07, 6.45) is 5.11. The van der Waals surface area contributed by atoms with E-state index in [2.05, 4.69) is 19.9 Å². The lowest BCUT2D eigenvalue weighted by Crippen LogP contribution is -2.27. The van der Waals surface area contributed by atoms with Gasteiger partial charge in [-0.15, -0.1) is 0 Å². The molecule has 1 saturated heterocycles. The third kappa shape index (κ3) is 1.41. The summed E-state index contributed by atoms with van der Waals surface area (Å²) in [6, 6.07) is 0. The first-order chi connectivity index (χ1) is 5.77. The van der Waals surface area contributed by atoms with Gasteiger partial charge in [-0.3, -0.25) is 0 Å². The summed E-state index contributed by atoms with van der Waals surface area (Å²) in [7, 11) is 0. The maximum Gasteiger partial charge on any atom is 0.147 e. The molecule has 68 valence electrons. The maximum absolute atomic E-state index is 5.47. The average Bonchev–Trinajstić information content (AvgIpc) is 2.49. The Morgan fingerprint density at radius 3 is 2.83 bits per heavy atom. The second-order valence-corrected chi connectivity index (χ2v) is 3.90. The predicted molar refractivity (Wildman–Crippen MR) is 46.8 cm³/mol. The highest BCUT2D eigenvalue weighted by molar-refractivity contribution is 5.12. The Balaban J connectivity index is 2.04. The first kappa shape index (κ1) is 8.27. The largest absolute Gasteiger partial charge is 0.349 e. The van der Waals surface area contributed by atoms with Crippen molar-refractivity contribution in [3.8, 4) is 0 Å². The molecule has 2 unspecified atom stereocenters. The van der Waals surface area contributed by atoms with E-state index in [0.717, 1.165) is 12.8 Å². The summed E-state index contributed by atoms with van der Waals surface area (Å²) >= 11 is 0. The van der Waals surface area contributed by atoms with Crippen LogP contribution < -0.4 is 0 Å². The fourth-order valence-corrected chi connectivity index (χ4v) is 1.89. The molecule has 12 heavy (non-hydrogen) atoms. The standard InChI is InChI=1S/C10H16O2/c1-7(2)8-3-4-9-10(5-8)12-6-11-9/h3,7,9-10H,4-6H2,1-2H3. The Morgan fingerprint density at radius 1 is 1.33 bits per heavy atom. The van der Waals surface area contributed by atoms with Gasteiger partial charge in [0, 0.05) is 0 Å². The predicted octanol–water partition coefficient (Wildman–Crippen LogP) is 2.10. The second kappa shape index (κ2) is 3.19. The smallest absolute Gasteiger partial charge is 0.147 e. The van der Waals surface area contributed by atoms with Crippen molar-refractivity contribution in [1.82, 2.24) is 0 Å². The summed E-state index contributed by atoms with van der Waals surface area (Å²) in [5.41, 5.74) is 1.53. The van der Waals surface area contributed by atoms with E-state index in [1.807, 2.05) is 0 Å². The van der Waals surface area contributed by atoms with Gasteiger partial charge in [0.15, 0.2) is 0 Å². The fourth-order valence-electron chi connectivity index (χ4n) is 1.89. The molecule has 2 rings (SSSR count). The van der Waals surface area contributed by atoms with Crippen molar-refractivity contribution in [2.75, 3.05) is 6.79 Å². The number of ether oxygens (including phenoxy) is 2. The van der Waals surface area contributed by atoms with Crippen LogP contribution in [0.3, 0.4) is 0 Å². The van der Waals surface area contributed by atoms with Crippen LogP contribution in [-0.4, -0.2) is 19.0 Å². The normalized spacial score (nSPS) is 35.1. The Bertz CT molecular complexity index is 196. The van der Waals surface area contributed by atoms with E-state index in [0.29, 0.717) is 24.9 Å². The van der Waals surface area contributed by atoms with Gasteiger partial charge in [0.25, 0.3) is 0 Å². The Kier molecular flexibility index (Phi) is 2.20. The van der Waals surface area contributed by atoms with E-state index in [1.54, 1.807) is 0 Å². The molecule has 2 atom stereocenters. The molecule has 0 N–H and O–H groups in total. The van der Waals surface area contributed by atoms with Gasteiger partial charge in [-0.1, -0.05) is 25.5 Å². The summed E-state index contributed by atoms with van der Waals surface area (Å²) in [5.74, 6) is 0.662. The Labute approximate surface area is 73.5 Å². The van der Waals surface area contributed by atoms with E-state index in [-0.39, 0.29) is 0 Å². The van der Waals surface area contributed by atoms with E-state index in [4.69, 9.17) is 9.47 Å². The highest BCUT2D eigenvalue weighted by Gasteiger charge is 2.32. The molecule has 2 nitrogen and oxygen atoms in total. The summed E-state index contributed by atoms with van der Waals surface area (Å²) in [5, 5.41) is 0. The molecule has 0 bridgehead atoms. The molecule has 2 aliphatic rings. The first-order valence-electron chi connectivity index (χ1n) is 4.69.